The summed E-state index contributed by atoms with van der Waals surface area (Å²) in [6.45, 7) is 6.18. The average molecular weight is 321 g/mol. The van der Waals surface area contributed by atoms with Crippen molar-refractivity contribution in [3.8, 4) is 0 Å². The minimum absolute atomic E-state index is 0.155. The van der Waals surface area contributed by atoms with Crippen LogP contribution in [-0.2, 0) is 25.8 Å². The molecule has 0 radical (unpaired) electrons. The maximum Gasteiger partial charge on any atom is 0.308 e. The summed E-state index contributed by atoms with van der Waals surface area (Å²) in [7, 11) is 0. The van der Waals surface area contributed by atoms with Gasteiger partial charge in [0.1, 0.15) is 12.9 Å². The van der Waals surface area contributed by atoms with E-state index < -0.39 is 0 Å². The van der Waals surface area contributed by atoms with E-state index in [0.717, 1.165) is 18.3 Å². The normalized spacial score (nSPS) is 14.7. The van der Waals surface area contributed by atoms with Crippen LogP contribution in [0.3, 0.4) is 0 Å². The summed E-state index contributed by atoms with van der Waals surface area (Å²) in [5.41, 5.74) is 3.72. The van der Waals surface area contributed by atoms with Crippen LogP contribution in [0.1, 0.15) is 45.6 Å². The molecule has 5 heteroatoms. The lowest BCUT2D eigenvalue weighted by Gasteiger charge is -2.22. The van der Waals surface area contributed by atoms with Gasteiger partial charge in [0.25, 0.3) is 0 Å². The van der Waals surface area contributed by atoms with E-state index in [1.165, 1.54) is 0 Å². The second kappa shape index (κ2) is 10.9. The van der Waals surface area contributed by atoms with Gasteiger partial charge in [0.2, 0.25) is 0 Å². The number of aldehydes is 1. The zero-order chi connectivity index (χ0) is 17.1. The number of carbonyl (C=O) groups excluding carboxylic acids is 2. The van der Waals surface area contributed by atoms with Crippen molar-refractivity contribution in [3.05, 3.63) is 35.9 Å². The van der Waals surface area contributed by atoms with Gasteiger partial charge in [0.05, 0.1) is 18.6 Å². The molecule has 23 heavy (non-hydrogen) atoms. The number of rotatable bonds is 11. The van der Waals surface area contributed by atoms with Gasteiger partial charge in [-0.05, 0) is 17.9 Å². The fraction of sp³-hybridized carbons (Fsp3) is 0.556. The number of ether oxygens (including phenoxy) is 1. The SMILES string of the molecule is CCC(CC(=O)OCc1ccccc1)ONC(C=O)C(C)CC. The van der Waals surface area contributed by atoms with Crippen LogP contribution in [0.25, 0.3) is 0 Å². The zero-order valence-corrected chi connectivity index (χ0v) is 14.2. The topological polar surface area (TPSA) is 64.6 Å². The second-order valence-corrected chi connectivity index (χ2v) is 5.66. The second-order valence-electron chi connectivity index (χ2n) is 5.66. The predicted octanol–water partition coefficient (Wildman–Crippen LogP) is 3.03. The molecule has 0 bridgehead atoms. The molecule has 0 heterocycles. The first kappa shape index (κ1) is 19.3. The highest BCUT2D eigenvalue weighted by Crippen LogP contribution is 2.10. The van der Waals surface area contributed by atoms with Gasteiger partial charge in [-0.3, -0.25) is 9.63 Å². The fourth-order valence-corrected chi connectivity index (χ4v) is 1.96. The Balaban J connectivity index is 2.36. The van der Waals surface area contributed by atoms with Gasteiger partial charge in [0.15, 0.2) is 0 Å². The molecule has 0 saturated heterocycles. The van der Waals surface area contributed by atoms with Crippen LogP contribution in [0.2, 0.25) is 0 Å². The van der Waals surface area contributed by atoms with Crippen LogP contribution < -0.4 is 5.48 Å². The van der Waals surface area contributed by atoms with Gasteiger partial charge in [-0.25, -0.2) is 0 Å². The zero-order valence-electron chi connectivity index (χ0n) is 14.2. The van der Waals surface area contributed by atoms with Crippen molar-refractivity contribution < 1.29 is 19.2 Å². The summed E-state index contributed by atoms with van der Waals surface area (Å²) in [5.74, 6) is -0.135. The largest absolute Gasteiger partial charge is 0.461 e. The molecule has 0 amide bonds. The molecular formula is C18H27NO4. The molecule has 128 valence electrons. The smallest absolute Gasteiger partial charge is 0.308 e. The van der Waals surface area contributed by atoms with E-state index in [4.69, 9.17) is 9.57 Å². The van der Waals surface area contributed by atoms with E-state index in [9.17, 15) is 9.59 Å². The Labute approximate surface area is 138 Å². The van der Waals surface area contributed by atoms with Crippen LogP contribution in [0.5, 0.6) is 0 Å². The average Bonchev–Trinajstić information content (AvgIpc) is 2.59. The molecule has 1 rings (SSSR count). The quantitative estimate of drug-likeness (QED) is 0.385. The van der Waals surface area contributed by atoms with Crippen molar-refractivity contribution in [2.75, 3.05) is 0 Å². The van der Waals surface area contributed by atoms with Crippen molar-refractivity contribution in [1.82, 2.24) is 5.48 Å². The highest BCUT2D eigenvalue weighted by molar-refractivity contribution is 5.70. The lowest BCUT2D eigenvalue weighted by molar-refractivity contribution is -0.151. The first-order valence-electron chi connectivity index (χ1n) is 8.16. The Morgan fingerprint density at radius 2 is 1.91 bits per heavy atom. The molecule has 0 fully saturated rings. The third-order valence-electron chi connectivity index (χ3n) is 3.87. The number of hydrogen-bond acceptors (Lipinski definition) is 5. The van der Waals surface area contributed by atoms with E-state index >= 15 is 0 Å². The van der Waals surface area contributed by atoms with Crippen LogP contribution in [-0.4, -0.2) is 24.4 Å². The number of carbonyl (C=O) groups is 2. The van der Waals surface area contributed by atoms with E-state index in [-0.39, 0.29) is 37.1 Å². The number of esters is 1. The van der Waals surface area contributed by atoms with Crippen molar-refractivity contribution in [3.63, 3.8) is 0 Å². The summed E-state index contributed by atoms with van der Waals surface area (Å²) in [6, 6.07) is 9.17. The maximum absolute atomic E-state index is 11.9. The lowest BCUT2D eigenvalue weighted by Crippen LogP contribution is -2.39. The Morgan fingerprint density at radius 1 is 1.22 bits per heavy atom. The number of benzene rings is 1. The molecule has 0 aliphatic heterocycles. The molecule has 1 N–H and O–H groups in total. The number of nitrogens with one attached hydrogen (secondary N) is 1. The minimum Gasteiger partial charge on any atom is -0.461 e. The summed E-state index contributed by atoms with van der Waals surface area (Å²) < 4.78 is 5.25. The van der Waals surface area contributed by atoms with Gasteiger partial charge < -0.3 is 9.53 Å². The number of hydroxylamine groups is 1. The summed E-state index contributed by atoms with van der Waals surface area (Å²) in [5, 5.41) is 0. The van der Waals surface area contributed by atoms with E-state index in [1.807, 2.05) is 51.1 Å². The molecular weight excluding hydrogens is 294 g/mol. The third-order valence-corrected chi connectivity index (χ3v) is 3.87. The monoisotopic (exact) mass is 321 g/mol. The van der Waals surface area contributed by atoms with E-state index in [1.54, 1.807) is 0 Å². The van der Waals surface area contributed by atoms with Crippen molar-refractivity contribution >= 4 is 12.3 Å². The van der Waals surface area contributed by atoms with Crippen LogP contribution in [0.4, 0.5) is 0 Å². The highest BCUT2D eigenvalue weighted by atomic mass is 16.7. The molecule has 5 nitrogen and oxygen atoms in total. The van der Waals surface area contributed by atoms with Gasteiger partial charge in [-0.2, -0.15) is 5.48 Å². The first-order valence-corrected chi connectivity index (χ1v) is 8.16. The molecule has 0 aliphatic carbocycles. The lowest BCUT2D eigenvalue weighted by atomic mass is 10.0. The van der Waals surface area contributed by atoms with Crippen molar-refractivity contribution in [2.24, 2.45) is 5.92 Å². The number of hydrogen-bond donors (Lipinski definition) is 1. The van der Waals surface area contributed by atoms with Gasteiger partial charge in [-0.1, -0.05) is 57.5 Å². The summed E-state index contributed by atoms with van der Waals surface area (Å²) in [4.78, 5) is 28.5. The van der Waals surface area contributed by atoms with Gasteiger partial charge in [-0.15, -0.1) is 0 Å². The molecule has 1 aromatic carbocycles. The Kier molecular flexibility index (Phi) is 9.17. The molecule has 0 aromatic heterocycles. The standard InChI is InChI=1S/C18H27NO4/c1-4-14(3)17(12-20)19-23-16(5-2)11-18(21)22-13-15-9-7-6-8-10-15/h6-10,12,14,16-17,19H,4-5,11,13H2,1-3H3. The highest BCUT2D eigenvalue weighted by Gasteiger charge is 2.19. The Morgan fingerprint density at radius 3 is 2.48 bits per heavy atom. The van der Waals surface area contributed by atoms with E-state index in [2.05, 4.69) is 5.48 Å². The minimum atomic E-state index is -0.366. The van der Waals surface area contributed by atoms with Crippen molar-refractivity contribution in [2.45, 2.75) is 58.8 Å². The third kappa shape index (κ3) is 7.39. The molecule has 3 unspecified atom stereocenters. The summed E-state index contributed by atoms with van der Waals surface area (Å²) in [6.07, 6.45) is 2.21. The van der Waals surface area contributed by atoms with Gasteiger partial charge >= 0.3 is 5.97 Å². The summed E-state index contributed by atoms with van der Waals surface area (Å²) >= 11 is 0. The Bertz CT molecular complexity index is 463. The molecule has 1 aromatic rings. The first-order chi connectivity index (χ1) is 11.1. The Hall–Kier alpha value is -1.72. The molecule has 0 aliphatic rings. The van der Waals surface area contributed by atoms with Crippen molar-refractivity contribution in [1.29, 1.82) is 0 Å². The van der Waals surface area contributed by atoms with E-state index in [0.29, 0.717) is 6.42 Å². The van der Waals surface area contributed by atoms with Crippen LogP contribution in [0.15, 0.2) is 30.3 Å². The fourth-order valence-electron chi connectivity index (χ4n) is 1.96. The molecule has 0 saturated carbocycles. The molecule has 3 atom stereocenters. The van der Waals surface area contributed by atoms with Crippen LogP contribution >= 0.6 is 0 Å². The maximum atomic E-state index is 11.9. The molecule has 0 spiro atoms. The predicted molar refractivity (Wildman–Crippen MR) is 88.5 cm³/mol. The van der Waals surface area contributed by atoms with Crippen LogP contribution in [0, 0.1) is 5.92 Å². The van der Waals surface area contributed by atoms with Gasteiger partial charge in [0, 0.05) is 0 Å².